The molecule has 0 aromatic carbocycles. The average Bonchev–Trinajstić information content (AvgIpc) is 2.88. The normalized spacial score (nSPS) is 17.6. The summed E-state index contributed by atoms with van der Waals surface area (Å²) in [5, 5.41) is 5.16. The van der Waals surface area contributed by atoms with Gasteiger partial charge in [-0.3, -0.25) is 9.59 Å². The van der Waals surface area contributed by atoms with E-state index in [-0.39, 0.29) is 17.9 Å². The van der Waals surface area contributed by atoms with Crippen molar-refractivity contribution in [1.82, 2.24) is 5.32 Å². The van der Waals surface area contributed by atoms with Crippen molar-refractivity contribution in [2.24, 2.45) is 0 Å². The molecule has 0 saturated carbocycles. The maximum absolute atomic E-state index is 11.9. The van der Waals surface area contributed by atoms with Gasteiger partial charge in [0.1, 0.15) is 0 Å². The molecule has 1 aromatic heterocycles. The lowest BCUT2D eigenvalue weighted by Gasteiger charge is -2.23. The number of hydrogen-bond donors (Lipinski definition) is 1. The molecule has 0 radical (unpaired) electrons. The van der Waals surface area contributed by atoms with Gasteiger partial charge in [0.05, 0.1) is 13.2 Å². The van der Waals surface area contributed by atoms with Crippen LogP contribution >= 0.6 is 11.3 Å². The number of thiophene rings is 1. The summed E-state index contributed by atoms with van der Waals surface area (Å²) < 4.78 is 4.55. The number of hydrogen-bond acceptors (Lipinski definition) is 4. The van der Waals surface area contributed by atoms with Crippen molar-refractivity contribution in [2.75, 3.05) is 7.11 Å². The summed E-state index contributed by atoms with van der Waals surface area (Å²) in [6, 6.07) is 2.26. The predicted molar refractivity (Wildman–Crippen MR) is 74.0 cm³/mol. The number of methoxy groups -OCH3 is 1. The van der Waals surface area contributed by atoms with Crippen molar-refractivity contribution in [3.8, 4) is 0 Å². The van der Waals surface area contributed by atoms with Crippen LogP contribution in [0.25, 0.3) is 0 Å². The van der Waals surface area contributed by atoms with Gasteiger partial charge in [-0.25, -0.2) is 0 Å². The zero-order valence-electron chi connectivity index (χ0n) is 11.1. The lowest BCUT2D eigenvalue weighted by atomic mass is 9.94. The molecule has 1 aromatic rings. The lowest BCUT2D eigenvalue weighted by molar-refractivity contribution is -0.140. The van der Waals surface area contributed by atoms with E-state index in [1.165, 1.54) is 17.6 Å². The summed E-state index contributed by atoms with van der Waals surface area (Å²) in [5.41, 5.74) is 1.28. The highest BCUT2D eigenvalue weighted by atomic mass is 32.1. The number of amides is 1. The Kier molecular flexibility index (Phi) is 4.96. The Morgan fingerprint density at radius 3 is 3.11 bits per heavy atom. The van der Waals surface area contributed by atoms with Gasteiger partial charge in [-0.1, -0.05) is 0 Å². The number of fused-ring (bicyclic) bond motifs is 1. The monoisotopic (exact) mass is 281 g/mol. The Balaban J connectivity index is 1.79. The summed E-state index contributed by atoms with van der Waals surface area (Å²) in [6.07, 6.45) is 4.49. The van der Waals surface area contributed by atoms with Gasteiger partial charge in [0, 0.05) is 17.7 Å². The van der Waals surface area contributed by atoms with Crippen LogP contribution in [-0.4, -0.2) is 19.0 Å². The Labute approximate surface area is 117 Å². The van der Waals surface area contributed by atoms with E-state index in [1.807, 2.05) is 0 Å². The molecule has 1 amide bonds. The van der Waals surface area contributed by atoms with Gasteiger partial charge in [-0.15, -0.1) is 11.3 Å². The minimum atomic E-state index is -0.259. The number of carbonyl (C=O) groups is 2. The summed E-state index contributed by atoms with van der Waals surface area (Å²) in [5.74, 6) is -0.237. The highest BCUT2D eigenvalue weighted by molar-refractivity contribution is 7.10. The maximum atomic E-state index is 11.9. The first-order valence-corrected chi connectivity index (χ1v) is 7.51. The molecule has 1 atom stereocenters. The molecule has 0 saturated heterocycles. The molecule has 0 fully saturated rings. The van der Waals surface area contributed by atoms with E-state index in [0.29, 0.717) is 19.3 Å². The number of rotatable bonds is 5. The Bertz CT molecular complexity index is 455. The van der Waals surface area contributed by atoms with E-state index in [2.05, 4.69) is 21.5 Å². The van der Waals surface area contributed by atoms with Crippen molar-refractivity contribution in [3.05, 3.63) is 21.9 Å². The standard InChI is InChI=1S/C14H19NO3S/c1-18-14(17)7-3-6-13(16)15-11-4-2-5-12-10(11)8-9-19-12/h8-9,11H,2-7H2,1H3,(H,15,16). The number of nitrogens with one attached hydrogen (secondary N) is 1. The topological polar surface area (TPSA) is 55.4 Å². The highest BCUT2D eigenvalue weighted by Crippen LogP contribution is 2.33. The second-order valence-corrected chi connectivity index (χ2v) is 5.74. The van der Waals surface area contributed by atoms with Crippen molar-refractivity contribution >= 4 is 23.2 Å². The second kappa shape index (κ2) is 6.70. The Morgan fingerprint density at radius 2 is 2.32 bits per heavy atom. The average molecular weight is 281 g/mol. The van der Waals surface area contributed by atoms with Crippen LogP contribution in [0.3, 0.4) is 0 Å². The van der Waals surface area contributed by atoms with Crippen LogP contribution in [0.5, 0.6) is 0 Å². The summed E-state index contributed by atoms with van der Waals surface area (Å²) in [6.45, 7) is 0. The van der Waals surface area contributed by atoms with Crippen LogP contribution in [-0.2, 0) is 20.7 Å². The van der Waals surface area contributed by atoms with Crippen LogP contribution in [0.1, 0.15) is 48.6 Å². The van der Waals surface area contributed by atoms with E-state index in [4.69, 9.17) is 0 Å². The molecule has 1 unspecified atom stereocenters. The molecule has 1 heterocycles. The first-order chi connectivity index (χ1) is 9.20. The molecule has 1 N–H and O–H groups in total. The quantitative estimate of drug-likeness (QED) is 0.844. The maximum Gasteiger partial charge on any atom is 0.305 e. The van der Waals surface area contributed by atoms with Crippen molar-refractivity contribution in [2.45, 2.75) is 44.6 Å². The van der Waals surface area contributed by atoms with Crippen LogP contribution < -0.4 is 5.32 Å². The fourth-order valence-electron chi connectivity index (χ4n) is 2.40. The molecular weight excluding hydrogens is 262 g/mol. The fraction of sp³-hybridized carbons (Fsp3) is 0.571. The van der Waals surface area contributed by atoms with Crippen LogP contribution in [0.2, 0.25) is 0 Å². The summed E-state index contributed by atoms with van der Waals surface area (Å²) in [7, 11) is 1.36. The molecule has 0 bridgehead atoms. The third-order valence-corrected chi connectivity index (χ3v) is 4.40. The zero-order valence-corrected chi connectivity index (χ0v) is 11.9. The molecule has 19 heavy (non-hydrogen) atoms. The molecule has 1 aliphatic rings. The second-order valence-electron chi connectivity index (χ2n) is 4.74. The smallest absolute Gasteiger partial charge is 0.305 e. The molecule has 0 spiro atoms. The van der Waals surface area contributed by atoms with Crippen molar-refractivity contribution in [3.63, 3.8) is 0 Å². The third kappa shape index (κ3) is 3.80. The summed E-state index contributed by atoms with van der Waals surface area (Å²) in [4.78, 5) is 24.2. The fourth-order valence-corrected chi connectivity index (χ4v) is 3.39. The van der Waals surface area contributed by atoms with E-state index < -0.39 is 0 Å². The zero-order chi connectivity index (χ0) is 13.7. The van der Waals surface area contributed by atoms with Crippen LogP contribution in [0.15, 0.2) is 11.4 Å². The Hall–Kier alpha value is -1.36. The first kappa shape index (κ1) is 14.1. The molecule has 5 heteroatoms. The third-order valence-electron chi connectivity index (χ3n) is 3.40. The summed E-state index contributed by atoms with van der Waals surface area (Å²) >= 11 is 1.77. The largest absolute Gasteiger partial charge is 0.469 e. The number of esters is 1. The van der Waals surface area contributed by atoms with Crippen LogP contribution in [0, 0.1) is 0 Å². The van der Waals surface area contributed by atoms with Crippen molar-refractivity contribution in [1.29, 1.82) is 0 Å². The SMILES string of the molecule is COC(=O)CCCC(=O)NC1CCCc2sccc21. The van der Waals surface area contributed by atoms with E-state index >= 15 is 0 Å². The minimum absolute atomic E-state index is 0.0213. The molecule has 2 rings (SSSR count). The Morgan fingerprint density at radius 1 is 1.47 bits per heavy atom. The highest BCUT2D eigenvalue weighted by Gasteiger charge is 2.22. The molecular formula is C14H19NO3S. The van der Waals surface area contributed by atoms with Gasteiger partial charge in [0.2, 0.25) is 5.91 Å². The predicted octanol–water partition coefficient (Wildman–Crippen LogP) is 2.58. The van der Waals surface area contributed by atoms with Crippen LogP contribution in [0.4, 0.5) is 0 Å². The number of aryl methyl sites for hydroxylation is 1. The van der Waals surface area contributed by atoms with Gasteiger partial charge >= 0.3 is 5.97 Å². The molecule has 104 valence electrons. The molecule has 1 aliphatic carbocycles. The molecule has 0 aliphatic heterocycles. The number of ether oxygens (including phenoxy) is 1. The van der Waals surface area contributed by atoms with Crippen molar-refractivity contribution < 1.29 is 14.3 Å². The van der Waals surface area contributed by atoms with Gasteiger partial charge < -0.3 is 10.1 Å². The van der Waals surface area contributed by atoms with Gasteiger partial charge in [0.25, 0.3) is 0 Å². The van der Waals surface area contributed by atoms with E-state index in [9.17, 15) is 9.59 Å². The van der Waals surface area contributed by atoms with Gasteiger partial charge in [-0.05, 0) is 42.7 Å². The first-order valence-electron chi connectivity index (χ1n) is 6.63. The van der Waals surface area contributed by atoms with Gasteiger partial charge in [-0.2, -0.15) is 0 Å². The van der Waals surface area contributed by atoms with Gasteiger partial charge in [0.15, 0.2) is 0 Å². The van der Waals surface area contributed by atoms with E-state index in [0.717, 1.165) is 19.3 Å². The minimum Gasteiger partial charge on any atom is -0.469 e. The number of carbonyl (C=O) groups excluding carboxylic acids is 2. The van der Waals surface area contributed by atoms with E-state index in [1.54, 1.807) is 11.3 Å². The molecule has 4 nitrogen and oxygen atoms in total. The lowest BCUT2D eigenvalue weighted by Crippen LogP contribution is -2.30.